The molecule has 0 aliphatic heterocycles. The van der Waals surface area contributed by atoms with Crippen molar-refractivity contribution in [2.24, 2.45) is 0 Å². The fraction of sp³-hybridized carbons (Fsp3) is 1.00. The highest BCUT2D eigenvalue weighted by atomic mass is 17.0. The summed E-state index contributed by atoms with van der Waals surface area (Å²) < 4.78 is 0. The average Bonchev–Trinajstić information content (AvgIpc) is 1.58. The van der Waals surface area contributed by atoms with Gasteiger partial charge in [0.25, 0.3) is 16.5 Å². The van der Waals surface area contributed by atoms with Gasteiger partial charge in [-0.1, -0.05) is 0 Å². The second-order valence-electron chi connectivity index (χ2n) is 1.23. The first-order chi connectivity index (χ1) is 4.52. The monoisotopic (exact) mass is 152 g/mol. The van der Waals surface area contributed by atoms with E-state index in [1.54, 1.807) is 0 Å². The summed E-state index contributed by atoms with van der Waals surface area (Å²) in [5.74, 6) is 0. The second-order valence-corrected chi connectivity index (χ2v) is 1.23. The minimum Gasteiger partial charge on any atom is -0.283 e. The number of rotatable bonds is 4. The Morgan fingerprint density at radius 1 is 1.20 bits per heavy atom. The molecule has 0 aliphatic carbocycles. The Hall–Kier alpha value is -1.60. The lowest BCUT2D eigenvalue weighted by molar-refractivity contribution is -0.849. The SMILES string of the molecule is CC(O[N+](=O)[O-])O[N+](=O)[O-]. The Labute approximate surface area is 54.5 Å². The molecule has 8 heteroatoms. The number of hydrogen-bond acceptors (Lipinski definition) is 6. The molecule has 0 spiro atoms. The van der Waals surface area contributed by atoms with E-state index < -0.39 is 16.5 Å². The van der Waals surface area contributed by atoms with Crippen molar-refractivity contribution in [2.75, 3.05) is 0 Å². The van der Waals surface area contributed by atoms with Gasteiger partial charge in [0.2, 0.25) is 0 Å². The van der Waals surface area contributed by atoms with Gasteiger partial charge >= 0.3 is 0 Å². The summed E-state index contributed by atoms with van der Waals surface area (Å²) in [6, 6.07) is 0. The van der Waals surface area contributed by atoms with Crippen LogP contribution < -0.4 is 0 Å². The molecule has 10 heavy (non-hydrogen) atoms. The van der Waals surface area contributed by atoms with Crippen molar-refractivity contribution in [1.82, 2.24) is 0 Å². The predicted octanol–water partition coefficient (Wildman–Crippen LogP) is -0.251. The molecule has 0 aromatic carbocycles. The molecule has 0 fully saturated rings. The third kappa shape index (κ3) is 4.56. The zero-order valence-corrected chi connectivity index (χ0v) is 4.92. The molecule has 0 radical (unpaired) electrons. The molecular formula is C2H4N2O6. The van der Waals surface area contributed by atoms with E-state index in [4.69, 9.17) is 0 Å². The molecule has 0 rings (SSSR count). The molecule has 0 heterocycles. The predicted molar refractivity (Wildman–Crippen MR) is 25.6 cm³/mol. The Kier molecular flexibility index (Phi) is 2.88. The smallest absolute Gasteiger partial charge is 0.283 e. The van der Waals surface area contributed by atoms with Crippen LogP contribution in [0.1, 0.15) is 6.92 Å². The maximum Gasteiger partial charge on any atom is 0.296 e. The van der Waals surface area contributed by atoms with E-state index in [-0.39, 0.29) is 0 Å². The minimum absolute atomic E-state index is 1.03. The van der Waals surface area contributed by atoms with E-state index in [1.807, 2.05) is 0 Å². The molecule has 0 atom stereocenters. The fourth-order valence-corrected chi connectivity index (χ4v) is 0.262. The fourth-order valence-electron chi connectivity index (χ4n) is 0.262. The highest BCUT2D eigenvalue weighted by molar-refractivity contribution is 4.14. The van der Waals surface area contributed by atoms with Crippen LogP contribution in [0.5, 0.6) is 0 Å². The first kappa shape index (κ1) is 8.40. The van der Waals surface area contributed by atoms with Gasteiger partial charge in [0.15, 0.2) is 0 Å². The van der Waals surface area contributed by atoms with Crippen molar-refractivity contribution in [3.05, 3.63) is 20.2 Å². The Bertz CT molecular complexity index is 129. The topological polar surface area (TPSA) is 105 Å². The van der Waals surface area contributed by atoms with Crippen LogP contribution in [0.2, 0.25) is 0 Å². The van der Waals surface area contributed by atoms with Crippen LogP contribution >= 0.6 is 0 Å². The zero-order chi connectivity index (χ0) is 8.15. The number of hydrogen-bond donors (Lipinski definition) is 0. The Morgan fingerprint density at radius 3 is 1.70 bits per heavy atom. The number of nitrogens with zero attached hydrogens (tertiary/aromatic N) is 2. The summed E-state index contributed by atoms with van der Waals surface area (Å²) in [5.41, 5.74) is 0. The van der Waals surface area contributed by atoms with Gasteiger partial charge in [-0.25, -0.2) is 0 Å². The third-order valence-corrected chi connectivity index (χ3v) is 0.469. The normalized spacial score (nSPS) is 9.00. The van der Waals surface area contributed by atoms with E-state index >= 15 is 0 Å². The highest BCUT2D eigenvalue weighted by Gasteiger charge is 2.09. The molecular weight excluding hydrogens is 148 g/mol. The molecule has 0 saturated heterocycles. The van der Waals surface area contributed by atoms with E-state index in [1.165, 1.54) is 0 Å². The summed E-state index contributed by atoms with van der Waals surface area (Å²) in [5, 5.41) is 16.6. The van der Waals surface area contributed by atoms with Gasteiger partial charge in [0, 0.05) is 0 Å². The summed E-state index contributed by atoms with van der Waals surface area (Å²) >= 11 is 0. The molecule has 0 saturated carbocycles. The van der Waals surface area contributed by atoms with Crippen LogP contribution in [-0.4, -0.2) is 16.5 Å². The summed E-state index contributed by atoms with van der Waals surface area (Å²) in [6.45, 7) is 1.03. The average molecular weight is 152 g/mol. The van der Waals surface area contributed by atoms with Gasteiger partial charge in [0.05, 0.1) is 0 Å². The van der Waals surface area contributed by atoms with Crippen LogP contribution in [-0.2, 0) is 9.68 Å². The lowest BCUT2D eigenvalue weighted by Crippen LogP contribution is -2.19. The van der Waals surface area contributed by atoms with Crippen LogP contribution in [0.15, 0.2) is 0 Å². The quantitative estimate of drug-likeness (QED) is 0.312. The van der Waals surface area contributed by atoms with Crippen LogP contribution in [0.25, 0.3) is 0 Å². The Morgan fingerprint density at radius 2 is 1.50 bits per heavy atom. The van der Waals surface area contributed by atoms with Crippen molar-refractivity contribution in [3.8, 4) is 0 Å². The van der Waals surface area contributed by atoms with Crippen molar-refractivity contribution in [3.63, 3.8) is 0 Å². The van der Waals surface area contributed by atoms with Crippen molar-refractivity contribution in [1.29, 1.82) is 0 Å². The molecule has 58 valence electrons. The van der Waals surface area contributed by atoms with Crippen LogP contribution in [0.3, 0.4) is 0 Å². The molecule has 0 aliphatic rings. The third-order valence-electron chi connectivity index (χ3n) is 0.469. The standard InChI is InChI=1S/C2H4N2O6/c1-2(9-3(5)6)10-4(7)8/h2H,1H3. The molecule has 0 N–H and O–H groups in total. The van der Waals surface area contributed by atoms with Crippen molar-refractivity contribution >= 4 is 0 Å². The summed E-state index contributed by atoms with van der Waals surface area (Å²) in [6.07, 6.45) is -1.48. The second kappa shape index (κ2) is 3.43. The van der Waals surface area contributed by atoms with Crippen molar-refractivity contribution < 1.29 is 19.8 Å². The van der Waals surface area contributed by atoms with Crippen molar-refractivity contribution in [2.45, 2.75) is 13.2 Å². The maximum atomic E-state index is 9.47. The minimum atomic E-state index is -1.48. The molecule has 0 unspecified atom stereocenters. The summed E-state index contributed by atoms with van der Waals surface area (Å²) in [4.78, 5) is 26.2. The van der Waals surface area contributed by atoms with Gasteiger partial charge in [-0.2, -0.15) is 0 Å². The largest absolute Gasteiger partial charge is 0.296 e. The molecule has 0 aromatic rings. The molecule has 8 nitrogen and oxygen atoms in total. The first-order valence-corrected chi connectivity index (χ1v) is 2.14. The van der Waals surface area contributed by atoms with Gasteiger partial charge in [-0.3, -0.25) is 9.68 Å². The lowest BCUT2D eigenvalue weighted by atomic mass is 10.8. The van der Waals surface area contributed by atoms with Gasteiger partial charge < -0.3 is 0 Å². The molecule has 0 aromatic heterocycles. The van der Waals surface area contributed by atoms with Crippen LogP contribution in [0.4, 0.5) is 0 Å². The Balaban J connectivity index is 3.53. The summed E-state index contributed by atoms with van der Waals surface area (Å²) in [7, 11) is 0. The first-order valence-electron chi connectivity index (χ1n) is 2.14. The van der Waals surface area contributed by atoms with Gasteiger partial charge in [-0.15, -0.1) is 20.2 Å². The molecule has 0 amide bonds. The van der Waals surface area contributed by atoms with E-state index in [2.05, 4.69) is 9.68 Å². The maximum absolute atomic E-state index is 9.47. The lowest BCUT2D eigenvalue weighted by Gasteiger charge is -2.04. The van der Waals surface area contributed by atoms with E-state index in [0.717, 1.165) is 6.92 Å². The van der Waals surface area contributed by atoms with Gasteiger partial charge in [0.1, 0.15) is 0 Å². The van der Waals surface area contributed by atoms with Gasteiger partial charge in [-0.05, 0) is 6.92 Å². The zero-order valence-electron chi connectivity index (χ0n) is 4.92. The van der Waals surface area contributed by atoms with Crippen LogP contribution in [0, 0.1) is 20.2 Å². The van der Waals surface area contributed by atoms with E-state index in [0.29, 0.717) is 0 Å². The highest BCUT2D eigenvalue weighted by Crippen LogP contribution is 1.92. The molecule has 0 bridgehead atoms. The van der Waals surface area contributed by atoms with E-state index in [9.17, 15) is 20.2 Å².